The van der Waals surface area contributed by atoms with Crippen LogP contribution < -0.4 is 10.0 Å². The fourth-order valence-corrected chi connectivity index (χ4v) is 1.71. The van der Waals surface area contributed by atoms with Crippen molar-refractivity contribution in [2.45, 2.75) is 6.92 Å². The molecule has 0 atom stereocenters. The summed E-state index contributed by atoms with van der Waals surface area (Å²) in [6.45, 7) is 1.39. The SMILES string of the molecule is CC(=O)Nc1cccc(NS(=O)(=O)N(C)C)c1. The third-order valence-electron chi connectivity index (χ3n) is 1.91. The Hall–Kier alpha value is -1.60. The average molecular weight is 257 g/mol. The van der Waals surface area contributed by atoms with Crippen molar-refractivity contribution >= 4 is 27.5 Å². The average Bonchev–Trinajstić information content (AvgIpc) is 2.15. The van der Waals surface area contributed by atoms with Gasteiger partial charge in [-0.15, -0.1) is 0 Å². The molecule has 0 saturated heterocycles. The van der Waals surface area contributed by atoms with E-state index in [9.17, 15) is 13.2 Å². The summed E-state index contributed by atoms with van der Waals surface area (Å²) < 4.78 is 26.6. The molecule has 94 valence electrons. The van der Waals surface area contributed by atoms with E-state index < -0.39 is 10.2 Å². The van der Waals surface area contributed by atoms with Gasteiger partial charge in [0.2, 0.25) is 5.91 Å². The molecule has 0 unspecified atom stereocenters. The Bertz CT molecular complexity index is 511. The summed E-state index contributed by atoms with van der Waals surface area (Å²) in [6, 6.07) is 6.47. The van der Waals surface area contributed by atoms with E-state index in [1.54, 1.807) is 24.3 Å². The van der Waals surface area contributed by atoms with Gasteiger partial charge in [-0.2, -0.15) is 12.7 Å². The summed E-state index contributed by atoms with van der Waals surface area (Å²) >= 11 is 0. The second-order valence-corrected chi connectivity index (χ2v) is 5.54. The lowest BCUT2D eigenvalue weighted by molar-refractivity contribution is -0.114. The van der Waals surface area contributed by atoms with E-state index in [1.165, 1.54) is 21.0 Å². The predicted octanol–water partition coefficient (Wildman–Crippen LogP) is 0.863. The van der Waals surface area contributed by atoms with Crippen LogP contribution in [0.5, 0.6) is 0 Å². The van der Waals surface area contributed by atoms with Gasteiger partial charge in [0.1, 0.15) is 0 Å². The van der Waals surface area contributed by atoms with Crippen LogP contribution in [0.15, 0.2) is 24.3 Å². The minimum absolute atomic E-state index is 0.211. The summed E-state index contributed by atoms with van der Waals surface area (Å²) in [5.41, 5.74) is 0.932. The number of nitrogens with zero attached hydrogens (tertiary/aromatic N) is 1. The lowest BCUT2D eigenvalue weighted by atomic mass is 10.3. The molecule has 0 bridgehead atoms. The van der Waals surface area contributed by atoms with Crippen LogP contribution in [-0.2, 0) is 15.0 Å². The van der Waals surface area contributed by atoms with Crippen molar-refractivity contribution < 1.29 is 13.2 Å². The highest BCUT2D eigenvalue weighted by atomic mass is 32.2. The highest BCUT2D eigenvalue weighted by molar-refractivity contribution is 7.90. The van der Waals surface area contributed by atoms with Gasteiger partial charge in [0.25, 0.3) is 0 Å². The molecular formula is C10H15N3O3S. The highest BCUT2D eigenvalue weighted by Gasteiger charge is 2.12. The maximum atomic E-state index is 11.6. The van der Waals surface area contributed by atoms with Crippen LogP contribution in [0.25, 0.3) is 0 Å². The van der Waals surface area contributed by atoms with Gasteiger partial charge in [0.15, 0.2) is 0 Å². The van der Waals surface area contributed by atoms with Gasteiger partial charge in [-0.3, -0.25) is 9.52 Å². The van der Waals surface area contributed by atoms with Crippen LogP contribution in [0.1, 0.15) is 6.92 Å². The Morgan fingerprint density at radius 1 is 1.24 bits per heavy atom. The number of amides is 1. The molecule has 1 aromatic rings. The Morgan fingerprint density at radius 3 is 2.35 bits per heavy atom. The summed E-state index contributed by atoms with van der Waals surface area (Å²) in [4.78, 5) is 10.9. The summed E-state index contributed by atoms with van der Waals surface area (Å²) in [6.07, 6.45) is 0. The van der Waals surface area contributed by atoms with Crippen LogP contribution in [0.3, 0.4) is 0 Å². The molecule has 0 saturated carbocycles. The maximum absolute atomic E-state index is 11.6. The number of carbonyl (C=O) groups is 1. The smallest absolute Gasteiger partial charge is 0.301 e. The Morgan fingerprint density at radius 2 is 1.82 bits per heavy atom. The van der Waals surface area contributed by atoms with E-state index in [2.05, 4.69) is 10.0 Å². The molecule has 17 heavy (non-hydrogen) atoms. The largest absolute Gasteiger partial charge is 0.326 e. The Kier molecular flexibility index (Phi) is 4.08. The van der Waals surface area contributed by atoms with Crippen molar-refractivity contribution in [1.82, 2.24) is 4.31 Å². The van der Waals surface area contributed by atoms with E-state index in [0.717, 1.165) is 4.31 Å². The van der Waals surface area contributed by atoms with Crippen molar-refractivity contribution in [3.05, 3.63) is 24.3 Å². The number of benzene rings is 1. The first kappa shape index (κ1) is 13.5. The molecule has 0 aliphatic rings. The second-order valence-electron chi connectivity index (χ2n) is 3.65. The first-order valence-corrected chi connectivity index (χ1v) is 6.33. The van der Waals surface area contributed by atoms with Crippen molar-refractivity contribution in [2.75, 3.05) is 24.1 Å². The van der Waals surface area contributed by atoms with Crippen molar-refractivity contribution in [2.24, 2.45) is 0 Å². The van der Waals surface area contributed by atoms with Gasteiger partial charge >= 0.3 is 10.2 Å². The van der Waals surface area contributed by atoms with Gasteiger partial charge < -0.3 is 5.32 Å². The molecule has 1 aromatic carbocycles. The second kappa shape index (κ2) is 5.15. The molecule has 7 heteroatoms. The topological polar surface area (TPSA) is 78.5 Å². The maximum Gasteiger partial charge on any atom is 0.301 e. The molecule has 0 aromatic heterocycles. The third kappa shape index (κ3) is 4.04. The van der Waals surface area contributed by atoms with Crippen LogP contribution in [0.2, 0.25) is 0 Å². The molecule has 6 nitrogen and oxygen atoms in total. The van der Waals surface area contributed by atoms with E-state index in [1.807, 2.05) is 0 Å². The highest BCUT2D eigenvalue weighted by Crippen LogP contribution is 2.16. The Labute approximate surface area is 101 Å². The van der Waals surface area contributed by atoms with Gasteiger partial charge in [0, 0.05) is 26.7 Å². The number of nitrogens with one attached hydrogen (secondary N) is 2. The molecule has 0 heterocycles. The van der Waals surface area contributed by atoms with E-state index >= 15 is 0 Å². The molecule has 0 spiro atoms. The molecule has 0 aliphatic heterocycles. The standard InChI is InChI=1S/C10H15N3O3S/c1-8(14)11-9-5-4-6-10(7-9)12-17(15,16)13(2)3/h4-7,12H,1-3H3,(H,11,14). The predicted molar refractivity (Wildman–Crippen MR) is 67.0 cm³/mol. The number of anilines is 2. The molecule has 2 N–H and O–H groups in total. The van der Waals surface area contributed by atoms with E-state index in [-0.39, 0.29) is 5.91 Å². The molecule has 0 fully saturated rings. The molecular weight excluding hydrogens is 242 g/mol. The number of hydrogen-bond acceptors (Lipinski definition) is 3. The van der Waals surface area contributed by atoms with Gasteiger partial charge in [0.05, 0.1) is 5.69 Å². The van der Waals surface area contributed by atoms with Crippen LogP contribution >= 0.6 is 0 Å². The third-order valence-corrected chi connectivity index (χ3v) is 3.37. The fraction of sp³-hybridized carbons (Fsp3) is 0.300. The number of hydrogen-bond donors (Lipinski definition) is 2. The van der Waals surface area contributed by atoms with Crippen molar-refractivity contribution in [3.63, 3.8) is 0 Å². The fourth-order valence-electron chi connectivity index (χ4n) is 1.10. The van der Waals surface area contributed by atoms with Crippen molar-refractivity contribution in [3.8, 4) is 0 Å². The molecule has 1 rings (SSSR count). The van der Waals surface area contributed by atoms with Crippen LogP contribution in [-0.4, -0.2) is 32.7 Å². The zero-order valence-corrected chi connectivity index (χ0v) is 10.7. The minimum atomic E-state index is -3.53. The van der Waals surface area contributed by atoms with Gasteiger partial charge in [-0.05, 0) is 18.2 Å². The van der Waals surface area contributed by atoms with Gasteiger partial charge in [-0.1, -0.05) is 6.07 Å². The van der Waals surface area contributed by atoms with Crippen molar-refractivity contribution in [1.29, 1.82) is 0 Å². The normalized spacial score (nSPS) is 11.3. The molecule has 0 aliphatic carbocycles. The number of rotatable bonds is 4. The van der Waals surface area contributed by atoms with E-state index in [0.29, 0.717) is 11.4 Å². The summed E-state index contributed by atoms with van der Waals surface area (Å²) in [7, 11) is -0.665. The minimum Gasteiger partial charge on any atom is -0.326 e. The lowest BCUT2D eigenvalue weighted by Gasteiger charge is -2.14. The zero-order valence-electron chi connectivity index (χ0n) is 9.89. The quantitative estimate of drug-likeness (QED) is 0.839. The molecule has 0 radical (unpaired) electrons. The van der Waals surface area contributed by atoms with Crippen LogP contribution in [0, 0.1) is 0 Å². The first-order valence-electron chi connectivity index (χ1n) is 4.89. The Balaban J connectivity index is 2.90. The summed E-state index contributed by atoms with van der Waals surface area (Å²) in [5, 5.41) is 2.57. The van der Waals surface area contributed by atoms with Crippen LogP contribution in [0.4, 0.5) is 11.4 Å². The number of carbonyl (C=O) groups excluding carboxylic acids is 1. The van der Waals surface area contributed by atoms with E-state index in [4.69, 9.17) is 0 Å². The lowest BCUT2D eigenvalue weighted by Crippen LogP contribution is -2.28. The van der Waals surface area contributed by atoms with Gasteiger partial charge in [-0.25, -0.2) is 0 Å². The first-order chi connectivity index (χ1) is 7.81. The summed E-state index contributed by atoms with van der Waals surface area (Å²) in [5.74, 6) is -0.211. The zero-order chi connectivity index (χ0) is 13.1. The monoisotopic (exact) mass is 257 g/mol. The molecule has 1 amide bonds.